The van der Waals surface area contributed by atoms with E-state index in [-0.39, 0.29) is 5.41 Å². The fourth-order valence-electron chi connectivity index (χ4n) is 5.02. The average molecular weight is 480 g/mol. The van der Waals surface area contributed by atoms with Crippen molar-refractivity contribution in [2.45, 2.75) is 58.0 Å². The summed E-state index contributed by atoms with van der Waals surface area (Å²) in [5, 5.41) is 10.3. The Morgan fingerprint density at radius 1 is 0.917 bits per heavy atom. The molecule has 0 unspecified atom stereocenters. The topological polar surface area (TPSA) is 51.5 Å². The Morgan fingerprint density at radius 3 is 2.22 bits per heavy atom. The zero-order valence-electron chi connectivity index (χ0n) is 21.2. The lowest BCUT2D eigenvalue weighted by Gasteiger charge is -2.19. The van der Waals surface area contributed by atoms with Crippen LogP contribution in [0.1, 0.15) is 57.7 Å². The van der Waals surface area contributed by atoms with Gasteiger partial charge in [0.25, 0.3) is 0 Å². The summed E-state index contributed by atoms with van der Waals surface area (Å²) >= 11 is 0. The van der Waals surface area contributed by atoms with Gasteiger partial charge in [0, 0.05) is 22.8 Å². The SMILES string of the molecule is CC(C)(C)c1ccc(-c2ccc3c(c2)cc(C=CC(=O)O)n3-c2ccc(OC3CCCC3)cc2)cc1. The van der Waals surface area contributed by atoms with E-state index in [2.05, 4.69) is 67.8 Å². The maximum atomic E-state index is 11.3. The van der Waals surface area contributed by atoms with Gasteiger partial charge in [0.15, 0.2) is 0 Å². The van der Waals surface area contributed by atoms with E-state index in [9.17, 15) is 9.90 Å². The summed E-state index contributed by atoms with van der Waals surface area (Å²) in [5.74, 6) is -0.0857. The Hall–Kier alpha value is -3.79. The fraction of sp³-hybridized carbons (Fsp3) is 0.281. The molecular weight excluding hydrogens is 446 g/mol. The zero-order chi connectivity index (χ0) is 25.3. The lowest BCUT2D eigenvalue weighted by molar-refractivity contribution is -0.131. The van der Waals surface area contributed by atoms with Crippen molar-refractivity contribution in [3.05, 3.63) is 90.1 Å². The third-order valence-corrected chi connectivity index (χ3v) is 7.01. The van der Waals surface area contributed by atoms with Crippen LogP contribution in [0.4, 0.5) is 0 Å². The van der Waals surface area contributed by atoms with E-state index in [1.54, 1.807) is 6.08 Å². The Kier molecular flexibility index (Phi) is 6.44. The number of nitrogens with zero attached hydrogens (tertiary/aromatic N) is 1. The van der Waals surface area contributed by atoms with E-state index in [4.69, 9.17) is 4.74 Å². The number of benzene rings is 3. The standard InChI is InChI=1S/C32H33NO3/c1-32(2,3)25-11-8-22(9-12-25)23-10-18-30-24(20-23)21-27(15-19-31(34)35)33(30)26-13-16-29(17-14-26)36-28-6-4-5-7-28/h8-21,28H,4-7H2,1-3H3,(H,34,35). The summed E-state index contributed by atoms with van der Waals surface area (Å²) < 4.78 is 8.24. The van der Waals surface area contributed by atoms with Gasteiger partial charge in [0.2, 0.25) is 0 Å². The first kappa shape index (κ1) is 23.9. The van der Waals surface area contributed by atoms with Crippen LogP contribution in [-0.4, -0.2) is 21.7 Å². The summed E-state index contributed by atoms with van der Waals surface area (Å²) in [7, 11) is 0. The van der Waals surface area contributed by atoms with Crippen molar-refractivity contribution < 1.29 is 14.6 Å². The number of carboxylic acid groups (broad SMARTS) is 1. The third kappa shape index (κ3) is 5.08. The second kappa shape index (κ2) is 9.69. The molecule has 0 radical (unpaired) electrons. The highest BCUT2D eigenvalue weighted by Gasteiger charge is 2.17. The number of aromatic nitrogens is 1. The molecule has 1 saturated carbocycles. The summed E-state index contributed by atoms with van der Waals surface area (Å²) in [5.41, 5.74) is 6.53. The maximum absolute atomic E-state index is 11.3. The second-order valence-electron chi connectivity index (χ2n) is 10.7. The molecule has 36 heavy (non-hydrogen) atoms. The number of rotatable bonds is 6. The van der Waals surface area contributed by atoms with Crippen molar-refractivity contribution >= 4 is 22.9 Å². The fourth-order valence-corrected chi connectivity index (χ4v) is 5.02. The van der Waals surface area contributed by atoms with Crippen molar-refractivity contribution in [3.8, 4) is 22.6 Å². The third-order valence-electron chi connectivity index (χ3n) is 7.01. The molecule has 1 aromatic heterocycles. The van der Waals surface area contributed by atoms with Crippen LogP contribution in [0.15, 0.2) is 78.9 Å². The quantitative estimate of drug-likeness (QED) is 0.285. The number of fused-ring (bicyclic) bond motifs is 1. The van der Waals surface area contributed by atoms with Gasteiger partial charge in [-0.2, -0.15) is 0 Å². The monoisotopic (exact) mass is 479 g/mol. The van der Waals surface area contributed by atoms with Gasteiger partial charge in [-0.15, -0.1) is 0 Å². The largest absolute Gasteiger partial charge is 0.490 e. The minimum Gasteiger partial charge on any atom is -0.490 e. The van der Waals surface area contributed by atoms with Crippen LogP contribution in [0, 0.1) is 0 Å². The maximum Gasteiger partial charge on any atom is 0.328 e. The van der Waals surface area contributed by atoms with Crippen molar-refractivity contribution in [3.63, 3.8) is 0 Å². The van der Waals surface area contributed by atoms with Gasteiger partial charge in [-0.25, -0.2) is 4.79 Å². The molecule has 0 amide bonds. The Bertz CT molecular complexity index is 1400. The minimum absolute atomic E-state index is 0.114. The molecule has 0 atom stereocenters. The van der Waals surface area contributed by atoms with Crippen LogP contribution in [0.3, 0.4) is 0 Å². The van der Waals surface area contributed by atoms with Gasteiger partial charge in [-0.05, 0) is 96.3 Å². The first-order chi connectivity index (χ1) is 17.3. The van der Waals surface area contributed by atoms with Gasteiger partial charge < -0.3 is 14.4 Å². The summed E-state index contributed by atoms with van der Waals surface area (Å²) in [6.07, 6.45) is 7.87. The van der Waals surface area contributed by atoms with Crippen LogP contribution < -0.4 is 4.74 Å². The van der Waals surface area contributed by atoms with Crippen molar-refractivity contribution in [1.29, 1.82) is 0 Å². The molecule has 5 rings (SSSR count). The van der Waals surface area contributed by atoms with Crippen molar-refractivity contribution in [2.75, 3.05) is 0 Å². The van der Waals surface area contributed by atoms with E-state index in [0.717, 1.165) is 52.0 Å². The molecule has 1 aliphatic carbocycles. The van der Waals surface area contributed by atoms with Gasteiger partial charge in [-0.1, -0.05) is 51.1 Å². The molecule has 0 saturated heterocycles. The predicted molar refractivity (Wildman–Crippen MR) is 147 cm³/mol. The zero-order valence-corrected chi connectivity index (χ0v) is 21.2. The van der Waals surface area contributed by atoms with Crippen molar-refractivity contribution in [1.82, 2.24) is 4.57 Å². The molecule has 0 aliphatic heterocycles. The molecule has 1 N–H and O–H groups in total. The summed E-state index contributed by atoms with van der Waals surface area (Å²) in [6.45, 7) is 6.66. The van der Waals surface area contributed by atoms with Crippen LogP contribution in [0.5, 0.6) is 5.75 Å². The Labute approximate surface area is 212 Å². The molecule has 1 aliphatic rings. The molecule has 4 aromatic rings. The average Bonchev–Trinajstić information content (AvgIpc) is 3.50. The van der Waals surface area contributed by atoms with Gasteiger partial charge in [0.05, 0.1) is 11.6 Å². The van der Waals surface area contributed by atoms with E-state index in [1.807, 2.05) is 30.3 Å². The van der Waals surface area contributed by atoms with Crippen LogP contribution in [-0.2, 0) is 10.2 Å². The molecule has 184 valence electrons. The molecule has 4 heteroatoms. The summed E-state index contributed by atoms with van der Waals surface area (Å²) in [4.78, 5) is 11.3. The lowest BCUT2D eigenvalue weighted by Crippen LogP contribution is -2.10. The second-order valence-corrected chi connectivity index (χ2v) is 10.7. The van der Waals surface area contributed by atoms with E-state index >= 15 is 0 Å². The molecule has 4 nitrogen and oxygen atoms in total. The minimum atomic E-state index is -0.966. The molecular formula is C32H33NO3. The molecule has 0 bridgehead atoms. The Morgan fingerprint density at radius 2 is 1.58 bits per heavy atom. The van der Waals surface area contributed by atoms with Crippen LogP contribution >= 0.6 is 0 Å². The highest BCUT2D eigenvalue weighted by atomic mass is 16.5. The first-order valence-corrected chi connectivity index (χ1v) is 12.7. The summed E-state index contributed by atoms with van der Waals surface area (Å²) in [6, 6.07) is 25.3. The van der Waals surface area contributed by atoms with Crippen LogP contribution in [0.2, 0.25) is 0 Å². The normalized spacial score (nSPS) is 14.6. The van der Waals surface area contributed by atoms with Gasteiger partial charge >= 0.3 is 5.97 Å². The molecule has 1 heterocycles. The highest BCUT2D eigenvalue weighted by Crippen LogP contribution is 2.32. The lowest BCUT2D eigenvalue weighted by atomic mass is 9.86. The smallest absolute Gasteiger partial charge is 0.328 e. The molecule has 3 aromatic carbocycles. The van der Waals surface area contributed by atoms with Crippen LogP contribution in [0.25, 0.3) is 33.8 Å². The number of ether oxygens (including phenoxy) is 1. The van der Waals surface area contributed by atoms with Gasteiger partial charge in [-0.3, -0.25) is 0 Å². The number of carbonyl (C=O) groups is 1. The number of hydrogen-bond donors (Lipinski definition) is 1. The number of aliphatic carboxylic acids is 1. The van der Waals surface area contributed by atoms with E-state index in [0.29, 0.717) is 6.10 Å². The predicted octanol–water partition coefficient (Wildman–Crippen LogP) is 8.01. The highest BCUT2D eigenvalue weighted by molar-refractivity contribution is 5.92. The number of hydrogen-bond acceptors (Lipinski definition) is 2. The van der Waals surface area contributed by atoms with Gasteiger partial charge in [0.1, 0.15) is 5.75 Å². The first-order valence-electron chi connectivity index (χ1n) is 12.7. The Balaban J connectivity index is 1.52. The number of carboxylic acids is 1. The molecule has 0 spiro atoms. The molecule has 1 fully saturated rings. The van der Waals surface area contributed by atoms with E-state index in [1.165, 1.54) is 24.5 Å². The van der Waals surface area contributed by atoms with E-state index < -0.39 is 5.97 Å². The van der Waals surface area contributed by atoms with Crippen molar-refractivity contribution in [2.24, 2.45) is 0 Å².